The second kappa shape index (κ2) is 7.95. The minimum Gasteiger partial charge on any atom is -0.497 e. The third kappa shape index (κ3) is 5.38. The normalized spacial score (nSPS) is 12.5. The summed E-state index contributed by atoms with van der Waals surface area (Å²) in [6.07, 6.45) is 0.770. The molecule has 1 aromatic carbocycles. The molecule has 0 aliphatic rings. The topological polar surface area (TPSA) is 50.7 Å². The molecule has 1 aromatic rings. The van der Waals surface area contributed by atoms with Crippen LogP contribution in [0.5, 0.6) is 11.5 Å². The Hall–Kier alpha value is -1.26. The maximum Gasteiger partial charge on any atom is 0.122 e. The van der Waals surface area contributed by atoms with Gasteiger partial charge in [-0.05, 0) is 18.6 Å². The predicted molar refractivity (Wildman–Crippen MR) is 72.3 cm³/mol. The molecule has 4 heteroatoms. The van der Waals surface area contributed by atoms with Crippen LogP contribution >= 0.6 is 0 Å². The Morgan fingerprint density at radius 2 is 2.00 bits per heavy atom. The van der Waals surface area contributed by atoms with E-state index in [1.165, 1.54) is 0 Å². The minimum absolute atomic E-state index is 0.0793. The number of hydrogen-bond donors (Lipinski definition) is 2. The number of ether oxygens (including phenoxy) is 2. The van der Waals surface area contributed by atoms with E-state index in [9.17, 15) is 5.11 Å². The van der Waals surface area contributed by atoms with Gasteiger partial charge in [-0.3, -0.25) is 0 Å². The fourth-order valence-electron chi connectivity index (χ4n) is 1.71. The number of aliphatic hydroxyl groups excluding tert-OH is 1. The second-order valence-electron chi connectivity index (χ2n) is 4.52. The van der Waals surface area contributed by atoms with E-state index in [4.69, 9.17) is 9.47 Å². The molecule has 4 nitrogen and oxygen atoms in total. The van der Waals surface area contributed by atoms with Gasteiger partial charge in [-0.15, -0.1) is 0 Å². The monoisotopic (exact) mass is 253 g/mol. The summed E-state index contributed by atoms with van der Waals surface area (Å²) in [5.74, 6) is 1.57. The fourth-order valence-corrected chi connectivity index (χ4v) is 1.71. The number of benzene rings is 1. The Bertz CT molecular complexity index is 342. The number of rotatable bonds is 8. The lowest BCUT2D eigenvalue weighted by Crippen LogP contribution is -2.38. The molecule has 0 fully saturated rings. The Labute approximate surface area is 109 Å². The lowest BCUT2D eigenvalue weighted by Gasteiger charge is -2.19. The van der Waals surface area contributed by atoms with Crippen molar-refractivity contribution in [1.82, 2.24) is 5.32 Å². The van der Waals surface area contributed by atoms with E-state index in [1.54, 1.807) is 7.11 Å². The van der Waals surface area contributed by atoms with Crippen LogP contribution in [-0.2, 0) is 0 Å². The van der Waals surface area contributed by atoms with Gasteiger partial charge in [0.25, 0.3) is 0 Å². The smallest absolute Gasteiger partial charge is 0.122 e. The van der Waals surface area contributed by atoms with Gasteiger partial charge in [-0.1, -0.05) is 19.9 Å². The minimum atomic E-state index is 0.0793. The SMILES string of the molecule is COc1cccc(OCCC(CO)NC(C)C)c1. The molecule has 1 rings (SSSR count). The van der Waals surface area contributed by atoms with Crippen LogP contribution in [0.3, 0.4) is 0 Å². The van der Waals surface area contributed by atoms with Gasteiger partial charge in [0.2, 0.25) is 0 Å². The van der Waals surface area contributed by atoms with Crippen molar-refractivity contribution >= 4 is 0 Å². The highest BCUT2D eigenvalue weighted by Crippen LogP contribution is 2.18. The van der Waals surface area contributed by atoms with Gasteiger partial charge in [0.1, 0.15) is 11.5 Å². The lowest BCUT2D eigenvalue weighted by atomic mass is 10.2. The van der Waals surface area contributed by atoms with Gasteiger partial charge >= 0.3 is 0 Å². The Balaban J connectivity index is 2.35. The van der Waals surface area contributed by atoms with Crippen LogP contribution in [0.25, 0.3) is 0 Å². The average molecular weight is 253 g/mol. The molecule has 2 N–H and O–H groups in total. The lowest BCUT2D eigenvalue weighted by molar-refractivity contribution is 0.202. The zero-order chi connectivity index (χ0) is 13.4. The first-order valence-corrected chi connectivity index (χ1v) is 6.29. The van der Waals surface area contributed by atoms with Crippen molar-refractivity contribution in [2.75, 3.05) is 20.3 Å². The molecule has 0 heterocycles. The maximum absolute atomic E-state index is 9.22. The first-order valence-electron chi connectivity index (χ1n) is 6.29. The standard InChI is InChI=1S/C14H23NO3/c1-11(2)15-12(10-16)7-8-18-14-6-4-5-13(9-14)17-3/h4-6,9,11-12,15-16H,7-8,10H2,1-3H3. The van der Waals surface area contributed by atoms with Crippen LogP contribution in [0, 0.1) is 0 Å². The third-order valence-corrected chi connectivity index (χ3v) is 2.57. The molecular formula is C14H23NO3. The summed E-state index contributed by atoms with van der Waals surface area (Å²) in [6.45, 7) is 4.81. The van der Waals surface area contributed by atoms with Crippen molar-refractivity contribution in [3.8, 4) is 11.5 Å². The van der Waals surface area contributed by atoms with E-state index in [-0.39, 0.29) is 12.6 Å². The first kappa shape index (κ1) is 14.8. The van der Waals surface area contributed by atoms with Crippen LogP contribution in [-0.4, -0.2) is 37.5 Å². The summed E-state index contributed by atoms with van der Waals surface area (Å²) in [6, 6.07) is 7.96. The highest BCUT2D eigenvalue weighted by atomic mass is 16.5. The summed E-state index contributed by atoms with van der Waals surface area (Å²) in [7, 11) is 1.63. The predicted octanol–water partition coefficient (Wildman–Crippen LogP) is 1.82. The molecule has 0 saturated carbocycles. The molecule has 0 spiro atoms. The molecule has 1 atom stereocenters. The van der Waals surface area contributed by atoms with E-state index in [2.05, 4.69) is 19.2 Å². The maximum atomic E-state index is 9.22. The van der Waals surface area contributed by atoms with Gasteiger partial charge in [0, 0.05) is 18.2 Å². The largest absolute Gasteiger partial charge is 0.497 e. The van der Waals surface area contributed by atoms with Crippen LogP contribution in [0.4, 0.5) is 0 Å². The molecule has 0 aromatic heterocycles. The number of aliphatic hydroxyl groups is 1. The van der Waals surface area contributed by atoms with E-state index in [1.807, 2.05) is 24.3 Å². The van der Waals surface area contributed by atoms with Crippen molar-refractivity contribution in [3.05, 3.63) is 24.3 Å². The van der Waals surface area contributed by atoms with Gasteiger partial charge in [0.15, 0.2) is 0 Å². The fraction of sp³-hybridized carbons (Fsp3) is 0.571. The summed E-state index contributed by atoms with van der Waals surface area (Å²) in [5, 5.41) is 12.5. The molecule has 0 bridgehead atoms. The second-order valence-corrected chi connectivity index (χ2v) is 4.52. The molecule has 0 amide bonds. The number of nitrogens with one attached hydrogen (secondary N) is 1. The molecule has 0 radical (unpaired) electrons. The highest BCUT2D eigenvalue weighted by molar-refractivity contribution is 5.32. The van der Waals surface area contributed by atoms with Crippen molar-refractivity contribution in [2.24, 2.45) is 0 Å². The molecule has 18 heavy (non-hydrogen) atoms. The first-order chi connectivity index (χ1) is 8.65. The van der Waals surface area contributed by atoms with Crippen LogP contribution in [0.15, 0.2) is 24.3 Å². The van der Waals surface area contributed by atoms with Crippen LogP contribution in [0.1, 0.15) is 20.3 Å². The van der Waals surface area contributed by atoms with Crippen LogP contribution < -0.4 is 14.8 Å². The molecule has 0 saturated heterocycles. The zero-order valence-electron chi connectivity index (χ0n) is 11.3. The van der Waals surface area contributed by atoms with Gasteiger partial charge in [0.05, 0.1) is 20.3 Å². The molecule has 0 aliphatic heterocycles. The molecule has 1 unspecified atom stereocenters. The van der Waals surface area contributed by atoms with Crippen LogP contribution in [0.2, 0.25) is 0 Å². The third-order valence-electron chi connectivity index (χ3n) is 2.57. The number of hydrogen-bond acceptors (Lipinski definition) is 4. The quantitative estimate of drug-likeness (QED) is 0.742. The average Bonchev–Trinajstić information content (AvgIpc) is 2.37. The Morgan fingerprint density at radius 1 is 1.28 bits per heavy atom. The number of methoxy groups -OCH3 is 1. The summed E-state index contributed by atoms with van der Waals surface area (Å²) < 4.78 is 10.8. The van der Waals surface area contributed by atoms with E-state index in [0.29, 0.717) is 12.6 Å². The van der Waals surface area contributed by atoms with E-state index in [0.717, 1.165) is 17.9 Å². The summed E-state index contributed by atoms with van der Waals surface area (Å²) in [5.41, 5.74) is 0. The van der Waals surface area contributed by atoms with E-state index < -0.39 is 0 Å². The Kier molecular flexibility index (Phi) is 6.54. The van der Waals surface area contributed by atoms with Crippen molar-refractivity contribution in [2.45, 2.75) is 32.4 Å². The van der Waals surface area contributed by atoms with Crippen molar-refractivity contribution in [3.63, 3.8) is 0 Å². The van der Waals surface area contributed by atoms with Crippen molar-refractivity contribution < 1.29 is 14.6 Å². The Morgan fingerprint density at radius 3 is 2.61 bits per heavy atom. The molecule has 0 aliphatic carbocycles. The van der Waals surface area contributed by atoms with E-state index >= 15 is 0 Å². The summed E-state index contributed by atoms with van der Waals surface area (Å²) >= 11 is 0. The highest BCUT2D eigenvalue weighted by Gasteiger charge is 2.08. The summed E-state index contributed by atoms with van der Waals surface area (Å²) in [4.78, 5) is 0. The van der Waals surface area contributed by atoms with Crippen molar-refractivity contribution in [1.29, 1.82) is 0 Å². The zero-order valence-corrected chi connectivity index (χ0v) is 11.3. The van der Waals surface area contributed by atoms with Gasteiger partial charge in [-0.2, -0.15) is 0 Å². The van der Waals surface area contributed by atoms with Gasteiger partial charge in [-0.25, -0.2) is 0 Å². The molecular weight excluding hydrogens is 230 g/mol. The van der Waals surface area contributed by atoms with Gasteiger partial charge < -0.3 is 19.9 Å². The molecule has 102 valence electrons.